The molecule has 1 heterocycles. The molecule has 8 heteroatoms. The van der Waals surface area contributed by atoms with Crippen LogP contribution in [0.15, 0.2) is 48.5 Å². The lowest BCUT2D eigenvalue weighted by Gasteiger charge is -2.32. The van der Waals surface area contributed by atoms with Crippen molar-refractivity contribution < 1.29 is 27.5 Å². The number of urea groups is 1. The van der Waals surface area contributed by atoms with Crippen LogP contribution in [0.4, 0.5) is 23.7 Å². The van der Waals surface area contributed by atoms with Gasteiger partial charge in [-0.25, -0.2) is 9.59 Å². The van der Waals surface area contributed by atoms with Gasteiger partial charge in [0, 0.05) is 18.8 Å². The molecule has 2 aromatic rings. The first-order chi connectivity index (χ1) is 14.3. The molecular weight excluding hydrogens is 397 g/mol. The molecule has 5 nitrogen and oxygen atoms in total. The zero-order valence-corrected chi connectivity index (χ0v) is 16.5. The Labute approximate surface area is 172 Å². The summed E-state index contributed by atoms with van der Waals surface area (Å²) in [6.45, 7) is 3.16. The maximum Gasteiger partial charge on any atom is 0.416 e. The third kappa shape index (κ3) is 5.31. The summed E-state index contributed by atoms with van der Waals surface area (Å²) in [5, 5.41) is 2.65. The van der Waals surface area contributed by atoms with Gasteiger partial charge in [-0.3, -0.25) is 0 Å². The number of ether oxygens (including phenoxy) is 1. The van der Waals surface area contributed by atoms with E-state index in [-0.39, 0.29) is 17.9 Å². The summed E-state index contributed by atoms with van der Waals surface area (Å²) < 4.78 is 42.9. The van der Waals surface area contributed by atoms with Gasteiger partial charge in [0.15, 0.2) is 0 Å². The molecule has 160 valence electrons. The first kappa shape index (κ1) is 21.7. The van der Waals surface area contributed by atoms with Crippen molar-refractivity contribution in [3.8, 4) is 0 Å². The van der Waals surface area contributed by atoms with Gasteiger partial charge in [-0.05, 0) is 67.6 Å². The third-order valence-corrected chi connectivity index (χ3v) is 5.14. The zero-order valence-electron chi connectivity index (χ0n) is 16.5. The molecule has 0 aliphatic carbocycles. The maximum absolute atomic E-state index is 12.6. The number of nitrogens with zero attached hydrogens (tertiary/aromatic N) is 1. The molecule has 0 saturated carbocycles. The van der Waals surface area contributed by atoms with Crippen molar-refractivity contribution in [3.63, 3.8) is 0 Å². The SMILES string of the molecule is CCOC(=O)c1ccc(C2CCN(C(=O)Nc3ccc(C(F)(F)F)cc3)CC2)cc1. The van der Waals surface area contributed by atoms with Crippen LogP contribution in [-0.4, -0.2) is 36.6 Å². The highest BCUT2D eigenvalue weighted by molar-refractivity contribution is 5.90. The normalized spacial score (nSPS) is 15.0. The number of benzene rings is 2. The van der Waals surface area contributed by atoms with Crippen molar-refractivity contribution in [2.45, 2.75) is 31.9 Å². The predicted molar refractivity (Wildman–Crippen MR) is 106 cm³/mol. The lowest BCUT2D eigenvalue weighted by atomic mass is 9.89. The standard InChI is InChI=1S/C22H23F3N2O3/c1-2-30-20(28)17-5-3-15(4-6-17)16-11-13-27(14-12-16)21(29)26-19-9-7-18(8-10-19)22(23,24)25/h3-10,16H,2,11-14H2,1H3,(H,26,29). The van der Waals surface area contributed by atoms with Crippen LogP contribution in [0.3, 0.4) is 0 Å². The van der Waals surface area contributed by atoms with E-state index in [2.05, 4.69) is 5.32 Å². The van der Waals surface area contributed by atoms with E-state index >= 15 is 0 Å². The second-order valence-electron chi connectivity index (χ2n) is 7.11. The van der Waals surface area contributed by atoms with Crippen LogP contribution >= 0.6 is 0 Å². The fourth-order valence-corrected chi connectivity index (χ4v) is 3.47. The molecule has 0 aromatic heterocycles. The van der Waals surface area contributed by atoms with Crippen LogP contribution in [0.25, 0.3) is 0 Å². The molecule has 1 saturated heterocycles. The quantitative estimate of drug-likeness (QED) is 0.684. The number of likely N-dealkylation sites (tertiary alicyclic amines) is 1. The number of hydrogen-bond donors (Lipinski definition) is 1. The smallest absolute Gasteiger partial charge is 0.416 e. The van der Waals surface area contributed by atoms with Gasteiger partial charge in [0.1, 0.15) is 0 Å². The highest BCUT2D eigenvalue weighted by Gasteiger charge is 2.30. The monoisotopic (exact) mass is 420 g/mol. The minimum absolute atomic E-state index is 0.274. The number of esters is 1. The van der Waals surface area contributed by atoms with E-state index in [4.69, 9.17) is 4.74 Å². The van der Waals surface area contributed by atoms with Gasteiger partial charge in [0.05, 0.1) is 17.7 Å². The van der Waals surface area contributed by atoms with Gasteiger partial charge in [0.2, 0.25) is 0 Å². The molecule has 1 aliphatic rings. The van der Waals surface area contributed by atoms with E-state index in [9.17, 15) is 22.8 Å². The number of piperidine rings is 1. The van der Waals surface area contributed by atoms with Gasteiger partial charge < -0.3 is 15.0 Å². The molecule has 0 atom stereocenters. The average Bonchev–Trinajstić information content (AvgIpc) is 2.74. The molecular formula is C22H23F3N2O3. The lowest BCUT2D eigenvalue weighted by Crippen LogP contribution is -2.40. The Kier molecular flexibility index (Phi) is 6.64. The highest BCUT2D eigenvalue weighted by atomic mass is 19.4. The number of anilines is 1. The van der Waals surface area contributed by atoms with Crippen molar-refractivity contribution in [3.05, 3.63) is 65.2 Å². The molecule has 0 spiro atoms. The molecule has 1 N–H and O–H groups in total. The predicted octanol–water partition coefficient (Wildman–Crippen LogP) is 5.29. The first-order valence-corrected chi connectivity index (χ1v) is 9.78. The molecule has 0 bridgehead atoms. The summed E-state index contributed by atoms with van der Waals surface area (Å²) in [6.07, 6.45) is -2.88. The second kappa shape index (κ2) is 9.19. The number of halogens is 3. The van der Waals surface area contributed by atoms with Crippen LogP contribution < -0.4 is 5.32 Å². The number of carbonyl (C=O) groups is 2. The number of nitrogens with one attached hydrogen (secondary N) is 1. The summed E-state index contributed by atoms with van der Waals surface area (Å²) in [7, 11) is 0. The summed E-state index contributed by atoms with van der Waals surface area (Å²) in [5.41, 5.74) is 1.18. The van der Waals surface area contributed by atoms with E-state index in [1.54, 1.807) is 24.0 Å². The first-order valence-electron chi connectivity index (χ1n) is 9.78. The minimum Gasteiger partial charge on any atom is -0.462 e. The topological polar surface area (TPSA) is 58.6 Å². The third-order valence-electron chi connectivity index (χ3n) is 5.14. The van der Waals surface area contributed by atoms with Crippen LogP contribution in [0.5, 0.6) is 0 Å². The molecule has 0 unspecified atom stereocenters. The van der Waals surface area contributed by atoms with Gasteiger partial charge in [-0.15, -0.1) is 0 Å². The number of hydrogen-bond acceptors (Lipinski definition) is 3. The fourth-order valence-electron chi connectivity index (χ4n) is 3.47. The minimum atomic E-state index is -4.40. The molecule has 2 aromatic carbocycles. The largest absolute Gasteiger partial charge is 0.462 e. The Balaban J connectivity index is 1.52. The van der Waals surface area contributed by atoms with Crippen LogP contribution in [0.1, 0.15) is 47.2 Å². The average molecular weight is 420 g/mol. The second-order valence-corrected chi connectivity index (χ2v) is 7.11. The maximum atomic E-state index is 12.6. The summed E-state index contributed by atoms with van der Waals surface area (Å²) in [4.78, 5) is 25.8. The zero-order chi connectivity index (χ0) is 21.7. The van der Waals surface area contributed by atoms with Crippen LogP contribution in [0.2, 0.25) is 0 Å². The van der Waals surface area contributed by atoms with Gasteiger partial charge in [-0.1, -0.05) is 12.1 Å². The highest BCUT2D eigenvalue weighted by Crippen LogP contribution is 2.31. The summed E-state index contributed by atoms with van der Waals surface area (Å²) in [5.74, 6) is -0.0739. The number of rotatable bonds is 4. The number of amides is 2. The van der Waals surface area contributed by atoms with E-state index in [0.717, 1.165) is 30.5 Å². The van der Waals surface area contributed by atoms with E-state index < -0.39 is 11.7 Å². The molecule has 3 rings (SSSR count). The van der Waals surface area contributed by atoms with Crippen molar-refractivity contribution in [2.75, 3.05) is 25.0 Å². The molecule has 1 aliphatic heterocycles. The van der Waals surface area contributed by atoms with Crippen molar-refractivity contribution >= 4 is 17.7 Å². The fraction of sp³-hybridized carbons (Fsp3) is 0.364. The molecule has 30 heavy (non-hydrogen) atoms. The van der Waals surface area contributed by atoms with E-state index in [1.807, 2.05) is 12.1 Å². The van der Waals surface area contributed by atoms with E-state index in [0.29, 0.717) is 30.9 Å². The molecule has 1 fully saturated rings. The number of carbonyl (C=O) groups excluding carboxylic acids is 2. The van der Waals surface area contributed by atoms with Crippen molar-refractivity contribution in [2.24, 2.45) is 0 Å². The Bertz CT molecular complexity index is 872. The lowest BCUT2D eigenvalue weighted by molar-refractivity contribution is -0.137. The Morgan fingerprint density at radius 1 is 1.03 bits per heavy atom. The van der Waals surface area contributed by atoms with Crippen LogP contribution in [0, 0.1) is 0 Å². The van der Waals surface area contributed by atoms with Crippen molar-refractivity contribution in [1.82, 2.24) is 4.90 Å². The van der Waals surface area contributed by atoms with Gasteiger partial charge >= 0.3 is 18.2 Å². The molecule has 0 radical (unpaired) electrons. The summed E-state index contributed by atoms with van der Waals surface area (Å²) in [6, 6.07) is 11.4. The number of alkyl halides is 3. The van der Waals surface area contributed by atoms with E-state index in [1.165, 1.54) is 12.1 Å². The Hall–Kier alpha value is -3.03. The Morgan fingerprint density at radius 3 is 2.17 bits per heavy atom. The summed E-state index contributed by atoms with van der Waals surface area (Å²) >= 11 is 0. The van der Waals surface area contributed by atoms with Gasteiger partial charge in [0.25, 0.3) is 0 Å². The Morgan fingerprint density at radius 2 is 1.63 bits per heavy atom. The van der Waals surface area contributed by atoms with Crippen molar-refractivity contribution in [1.29, 1.82) is 0 Å². The van der Waals surface area contributed by atoms with Crippen LogP contribution in [-0.2, 0) is 10.9 Å². The van der Waals surface area contributed by atoms with Gasteiger partial charge in [-0.2, -0.15) is 13.2 Å². The molecule has 2 amide bonds.